The van der Waals surface area contributed by atoms with Gasteiger partial charge in [0.25, 0.3) is 0 Å². The Bertz CT molecular complexity index is 1100. The van der Waals surface area contributed by atoms with E-state index < -0.39 is 0 Å². The van der Waals surface area contributed by atoms with Crippen molar-refractivity contribution >= 4 is 5.78 Å². The van der Waals surface area contributed by atoms with E-state index in [9.17, 15) is 4.79 Å². The van der Waals surface area contributed by atoms with Gasteiger partial charge in [-0.25, -0.2) is 4.68 Å². The highest BCUT2D eigenvalue weighted by molar-refractivity contribution is 5.91. The SMILES string of the molecule is COc1ccc(-n2ccc([C@H]3CC[C@H]4[C@@H]5CCC6=CC(=O)CC[C@]6(C)[C@H]5CC[C@]34C)n2)cc1. The second-order valence-corrected chi connectivity index (χ2v) is 11.5. The van der Waals surface area contributed by atoms with Crippen LogP contribution in [0.5, 0.6) is 5.75 Å². The van der Waals surface area contributed by atoms with Crippen LogP contribution in [0.2, 0.25) is 0 Å². The molecule has 0 unspecified atom stereocenters. The highest BCUT2D eigenvalue weighted by Gasteiger charge is 2.59. The number of hydrogen-bond donors (Lipinski definition) is 0. The van der Waals surface area contributed by atoms with Crippen molar-refractivity contribution < 1.29 is 9.53 Å². The first-order valence-corrected chi connectivity index (χ1v) is 12.9. The van der Waals surface area contributed by atoms with Crippen LogP contribution in [0.25, 0.3) is 5.69 Å². The van der Waals surface area contributed by atoms with E-state index in [-0.39, 0.29) is 5.41 Å². The van der Waals surface area contributed by atoms with Crippen molar-refractivity contribution in [3.63, 3.8) is 0 Å². The first-order valence-electron chi connectivity index (χ1n) is 12.9. The molecule has 1 heterocycles. The van der Waals surface area contributed by atoms with Gasteiger partial charge < -0.3 is 4.74 Å². The molecule has 1 aromatic carbocycles. The van der Waals surface area contributed by atoms with Crippen LogP contribution in [-0.4, -0.2) is 22.7 Å². The Kier molecular flexibility index (Phi) is 4.87. The van der Waals surface area contributed by atoms with Crippen molar-refractivity contribution in [3.8, 4) is 11.4 Å². The summed E-state index contributed by atoms with van der Waals surface area (Å²) in [5, 5.41) is 5.08. The summed E-state index contributed by atoms with van der Waals surface area (Å²) in [7, 11) is 1.70. The van der Waals surface area contributed by atoms with Crippen LogP contribution in [0.1, 0.15) is 76.8 Å². The molecule has 6 atom stereocenters. The molecule has 0 N–H and O–H groups in total. The molecule has 0 amide bonds. The molecule has 0 radical (unpaired) electrons. The van der Waals surface area contributed by atoms with Crippen molar-refractivity contribution in [1.82, 2.24) is 9.78 Å². The van der Waals surface area contributed by atoms with Crippen LogP contribution in [0.4, 0.5) is 0 Å². The molecule has 0 bridgehead atoms. The van der Waals surface area contributed by atoms with Crippen LogP contribution in [0.3, 0.4) is 0 Å². The van der Waals surface area contributed by atoms with Crippen molar-refractivity contribution in [2.45, 2.75) is 71.1 Å². The van der Waals surface area contributed by atoms with E-state index in [1.54, 1.807) is 7.11 Å². The smallest absolute Gasteiger partial charge is 0.155 e. The molecule has 2 aromatic rings. The van der Waals surface area contributed by atoms with Gasteiger partial charge in [0.05, 0.1) is 18.5 Å². The molecular formula is C29H36N2O2. The van der Waals surface area contributed by atoms with Gasteiger partial charge in [0.2, 0.25) is 0 Å². The predicted octanol–water partition coefficient (Wildman–Crippen LogP) is 6.50. The number of fused-ring (bicyclic) bond motifs is 5. The van der Waals surface area contributed by atoms with E-state index in [0.29, 0.717) is 17.1 Å². The number of methoxy groups -OCH3 is 1. The van der Waals surface area contributed by atoms with Gasteiger partial charge in [-0.1, -0.05) is 19.4 Å². The number of hydrogen-bond acceptors (Lipinski definition) is 3. The van der Waals surface area contributed by atoms with Crippen molar-refractivity contribution in [2.75, 3.05) is 7.11 Å². The van der Waals surface area contributed by atoms with Gasteiger partial charge in [-0.2, -0.15) is 5.10 Å². The van der Waals surface area contributed by atoms with Crippen LogP contribution in [-0.2, 0) is 4.79 Å². The number of carbonyl (C=O) groups is 1. The first kappa shape index (κ1) is 21.2. The highest BCUT2D eigenvalue weighted by Crippen LogP contribution is 2.68. The molecule has 174 valence electrons. The summed E-state index contributed by atoms with van der Waals surface area (Å²) in [6, 6.07) is 10.4. The minimum atomic E-state index is 0.256. The van der Waals surface area contributed by atoms with E-state index in [1.165, 1.54) is 43.4 Å². The second-order valence-electron chi connectivity index (χ2n) is 11.5. The Morgan fingerprint density at radius 2 is 1.79 bits per heavy atom. The number of ketones is 1. The number of aromatic nitrogens is 2. The number of rotatable bonds is 3. The van der Waals surface area contributed by atoms with Gasteiger partial charge in [0, 0.05) is 18.5 Å². The Balaban J connectivity index is 1.26. The summed E-state index contributed by atoms with van der Waals surface area (Å²) in [4.78, 5) is 12.1. The molecule has 4 heteroatoms. The van der Waals surface area contributed by atoms with Gasteiger partial charge in [0.15, 0.2) is 5.78 Å². The molecule has 3 fully saturated rings. The van der Waals surface area contributed by atoms with Crippen molar-refractivity contribution in [3.05, 3.63) is 53.9 Å². The number of carbonyl (C=O) groups excluding carboxylic acids is 1. The maximum atomic E-state index is 12.1. The average molecular weight is 445 g/mol. The van der Waals surface area contributed by atoms with Gasteiger partial charge in [0.1, 0.15) is 5.75 Å². The zero-order valence-corrected chi connectivity index (χ0v) is 20.2. The van der Waals surface area contributed by atoms with E-state index in [2.05, 4.69) is 38.2 Å². The predicted molar refractivity (Wildman–Crippen MR) is 130 cm³/mol. The fourth-order valence-corrected chi connectivity index (χ4v) is 8.45. The fourth-order valence-electron chi connectivity index (χ4n) is 8.45. The van der Waals surface area contributed by atoms with Crippen LogP contribution < -0.4 is 4.74 Å². The monoisotopic (exact) mass is 444 g/mol. The van der Waals surface area contributed by atoms with E-state index in [1.807, 2.05) is 22.9 Å². The van der Waals surface area contributed by atoms with E-state index in [4.69, 9.17) is 9.84 Å². The largest absolute Gasteiger partial charge is 0.497 e. The third kappa shape index (κ3) is 3.16. The Labute approximate surface area is 197 Å². The lowest BCUT2D eigenvalue weighted by molar-refractivity contribution is -0.117. The highest BCUT2D eigenvalue weighted by atomic mass is 16.5. The number of benzene rings is 1. The quantitative estimate of drug-likeness (QED) is 0.543. The average Bonchev–Trinajstić information content (AvgIpc) is 3.44. The Morgan fingerprint density at radius 1 is 0.970 bits per heavy atom. The van der Waals surface area contributed by atoms with Gasteiger partial charge >= 0.3 is 0 Å². The van der Waals surface area contributed by atoms with Crippen LogP contribution in [0.15, 0.2) is 48.2 Å². The number of allylic oxidation sites excluding steroid dienone is 1. The number of nitrogens with zero attached hydrogens (tertiary/aromatic N) is 2. The molecule has 0 aliphatic heterocycles. The van der Waals surface area contributed by atoms with Crippen LogP contribution >= 0.6 is 0 Å². The molecule has 4 aliphatic rings. The zero-order valence-electron chi connectivity index (χ0n) is 20.2. The van der Waals surface area contributed by atoms with E-state index >= 15 is 0 Å². The fraction of sp³-hybridized carbons (Fsp3) is 0.586. The summed E-state index contributed by atoms with van der Waals surface area (Å²) in [5.41, 5.74) is 4.41. The Morgan fingerprint density at radius 3 is 2.58 bits per heavy atom. The second kappa shape index (κ2) is 7.58. The minimum Gasteiger partial charge on any atom is -0.497 e. The van der Waals surface area contributed by atoms with Gasteiger partial charge in [-0.3, -0.25) is 4.79 Å². The van der Waals surface area contributed by atoms with E-state index in [0.717, 1.165) is 48.5 Å². The molecule has 33 heavy (non-hydrogen) atoms. The third-order valence-corrected chi connectivity index (χ3v) is 10.3. The maximum absolute atomic E-state index is 12.1. The lowest BCUT2D eigenvalue weighted by Gasteiger charge is -2.58. The lowest BCUT2D eigenvalue weighted by Crippen LogP contribution is -2.50. The molecule has 1 aromatic heterocycles. The third-order valence-electron chi connectivity index (χ3n) is 10.3. The number of ether oxygens (including phenoxy) is 1. The summed E-state index contributed by atoms with van der Waals surface area (Å²) >= 11 is 0. The minimum absolute atomic E-state index is 0.256. The molecule has 6 rings (SSSR count). The summed E-state index contributed by atoms with van der Waals surface area (Å²) in [5.74, 6) is 4.10. The van der Waals surface area contributed by atoms with Gasteiger partial charge in [-0.05, 0) is 110 Å². The molecule has 4 nitrogen and oxygen atoms in total. The maximum Gasteiger partial charge on any atom is 0.155 e. The summed E-state index contributed by atoms with van der Waals surface area (Å²) in [6.07, 6.45) is 13.5. The molecule has 3 saturated carbocycles. The summed E-state index contributed by atoms with van der Waals surface area (Å²) < 4.78 is 7.33. The first-order chi connectivity index (χ1) is 15.9. The van der Waals surface area contributed by atoms with Crippen molar-refractivity contribution in [2.24, 2.45) is 28.6 Å². The van der Waals surface area contributed by atoms with Crippen LogP contribution in [0, 0.1) is 28.6 Å². The van der Waals surface area contributed by atoms with Gasteiger partial charge in [-0.15, -0.1) is 0 Å². The molecule has 0 spiro atoms. The normalized spacial score (nSPS) is 37.7. The lowest BCUT2D eigenvalue weighted by atomic mass is 9.47. The topological polar surface area (TPSA) is 44.1 Å². The molecular weight excluding hydrogens is 408 g/mol. The molecule has 0 saturated heterocycles. The van der Waals surface area contributed by atoms with Crippen molar-refractivity contribution in [1.29, 1.82) is 0 Å². The summed E-state index contributed by atoms with van der Waals surface area (Å²) in [6.45, 7) is 5.05. The zero-order chi connectivity index (χ0) is 22.8. The standard InChI is InChI=1S/C29H36N2O2/c1-28-15-12-21(32)18-19(28)4-9-23-24-10-11-26(29(24,2)16-13-25(23)28)27-14-17-31(30-27)20-5-7-22(33-3)8-6-20/h5-8,14,17-18,23-26H,4,9-13,15-16H2,1-3H3/t23-,24-,25-,26+,28-,29-/m0/s1. The molecule has 4 aliphatic carbocycles. The Hall–Kier alpha value is -2.36.